The zero-order chi connectivity index (χ0) is 15.0. The zero-order valence-corrected chi connectivity index (χ0v) is 13.0. The summed E-state index contributed by atoms with van der Waals surface area (Å²) in [5.41, 5.74) is 7.13. The number of fused-ring (bicyclic) bond motifs is 1. The van der Waals surface area contributed by atoms with Crippen LogP contribution in [-0.4, -0.2) is 30.3 Å². The molecule has 1 atom stereocenters. The van der Waals surface area contributed by atoms with E-state index in [4.69, 9.17) is 5.73 Å². The quantitative estimate of drug-likeness (QED) is 0.856. The maximum absolute atomic E-state index is 13.0. The van der Waals surface area contributed by atoms with Crippen molar-refractivity contribution < 1.29 is 8.42 Å². The number of sulfonamides is 1. The van der Waals surface area contributed by atoms with Crippen LogP contribution in [0.5, 0.6) is 0 Å². The van der Waals surface area contributed by atoms with Crippen molar-refractivity contribution in [2.75, 3.05) is 12.3 Å². The third-order valence-corrected chi connectivity index (χ3v) is 6.29. The molecule has 114 valence electrons. The van der Waals surface area contributed by atoms with Gasteiger partial charge in [0.05, 0.1) is 0 Å². The molecular weight excluding hydrogens is 286 g/mol. The monoisotopic (exact) mass is 307 g/mol. The third kappa shape index (κ3) is 2.42. The Balaban J connectivity index is 2.07. The van der Waals surface area contributed by atoms with Crippen molar-refractivity contribution >= 4 is 26.6 Å². The second kappa shape index (κ2) is 5.35. The van der Waals surface area contributed by atoms with E-state index in [0.29, 0.717) is 22.5 Å². The number of nitrogens with zero attached hydrogens (tertiary/aromatic N) is 1. The van der Waals surface area contributed by atoms with Gasteiger partial charge in [0.25, 0.3) is 0 Å². The van der Waals surface area contributed by atoms with Crippen molar-refractivity contribution in [2.45, 2.75) is 43.5 Å². The Morgan fingerprint density at radius 2 is 2.19 bits per heavy atom. The number of benzene rings is 1. The number of aromatic amines is 1. The van der Waals surface area contributed by atoms with Crippen LogP contribution in [0.25, 0.3) is 10.9 Å². The van der Waals surface area contributed by atoms with Crippen LogP contribution < -0.4 is 5.73 Å². The molecule has 0 amide bonds. The van der Waals surface area contributed by atoms with E-state index < -0.39 is 10.0 Å². The number of rotatable bonds is 3. The molecule has 1 aliphatic heterocycles. The van der Waals surface area contributed by atoms with Gasteiger partial charge < -0.3 is 10.7 Å². The van der Waals surface area contributed by atoms with Crippen LogP contribution in [0.3, 0.4) is 0 Å². The van der Waals surface area contributed by atoms with E-state index in [1.807, 2.05) is 0 Å². The Hall–Kier alpha value is -1.53. The van der Waals surface area contributed by atoms with Crippen LogP contribution in [0.15, 0.2) is 29.3 Å². The van der Waals surface area contributed by atoms with Crippen molar-refractivity contribution in [3.8, 4) is 0 Å². The summed E-state index contributed by atoms with van der Waals surface area (Å²) in [5.74, 6) is 0. The predicted molar refractivity (Wildman–Crippen MR) is 84.5 cm³/mol. The number of anilines is 1. The highest BCUT2D eigenvalue weighted by Gasteiger charge is 2.33. The standard InChI is InChI=1S/C15H21N3O2S/c1-2-12-5-3-4-8-18(12)21(19,20)15-10-17-14-9-11(16)6-7-13(14)15/h6-7,9-10,12,17H,2-5,8,16H2,1H3. The van der Waals surface area contributed by atoms with E-state index in [1.165, 1.54) is 0 Å². The van der Waals surface area contributed by atoms with Gasteiger partial charge >= 0.3 is 0 Å². The maximum atomic E-state index is 13.0. The number of nitrogens with two attached hydrogens (primary N) is 1. The molecule has 3 N–H and O–H groups in total. The number of nitrogen functional groups attached to an aromatic ring is 1. The molecule has 0 spiro atoms. The van der Waals surface area contributed by atoms with Crippen LogP contribution in [0.1, 0.15) is 32.6 Å². The van der Waals surface area contributed by atoms with E-state index in [9.17, 15) is 8.42 Å². The van der Waals surface area contributed by atoms with Gasteiger partial charge in [-0.25, -0.2) is 8.42 Å². The molecule has 1 aliphatic rings. The second-order valence-electron chi connectivity index (χ2n) is 5.63. The van der Waals surface area contributed by atoms with Crippen molar-refractivity contribution in [3.63, 3.8) is 0 Å². The minimum atomic E-state index is -3.46. The van der Waals surface area contributed by atoms with E-state index in [-0.39, 0.29) is 6.04 Å². The first kappa shape index (κ1) is 14.4. The first-order valence-electron chi connectivity index (χ1n) is 7.42. The highest BCUT2D eigenvalue weighted by molar-refractivity contribution is 7.89. The summed E-state index contributed by atoms with van der Waals surface area (Å²) in [6.07, 6.45) is 5.43. The number of nitrogens with one attached hydrogen (secondary N) is 1. The van der Waals surface area contributed by atoms with E-state index in [2.05, 4.69) is 11.9 Å². The molecule has 0 bridgehead atoms. The van der Waals surface area contributed by atoms with Gasteiger partial charge in [-0.15, -0.1) is 0 Å². The fourth-order valence-corrected chi connectivity index (χ4v) is 5.09. The SMILES string of the molecule is CCC1CCCCN1S(=O)(=O)c1c[nH]c2cc(N)ccc12. The molecule has 1 fully saturated rings. The average molecular weight is 307 g/mol. The van der Waals surface area contributed by atoms with Crippen LogP contribution in [0, 0.1) is 0 Å². The molecule has 1 aromatic heterocycles. The summed E-state index contributed by atoms with van der Waals surface area (Å²) in [6, 6.07) is 5.39. The number of piperidine rings is 1. The van der Waals surface area contributed by atoms with Crippen molar-refractivity contribution in [3.05, 3.63) is 24.4 Å². The second-order valence-corrected chi connectivity index (χ2v) is 7.49. The highest BCUT2D eigenvalue weighted by atomic mass is 32.2. The molecule has 6 heteroatoms. The lowest BCUT2D eigenvalue weighted by Gasteiger charge is -2.33. The third-order valence-electron chi connectivity index (χ3n) is 4.30. The Morgan fingerprint density at radius 1 is 1.38 bits per heavy atom. The minimum Gasteiger partial charge on any atom is -0.399 e. The molecule has 0 saturated carbocycles. The largest absolute Gasteiger partial charge is 0.399 e. The minimum absolute atomic E-state index is 0.113. The predicted octanol–water partition coefficient (Wildman–Crippen LogP) is 2.70. The summed E-state index contributed by atoms with van der Waals surface area (Å²) >= 11 is 0. The van der Waals surface area contributed by atoms with Crippen LogP contribution in [0.4, 0.5) is 5.69 Å². The summed E-state index contributed by atoms with van der Waals surface area (Å²) in [4.78, 5) is 3.38. The van der Waals surface area contributed by atoms with E-state index in [1.54, 1.807) is 28.7 Å². The number of hydrogen-bond acceptors (Lipinski definition) is 3. The van der Waals surface area contributed by atoms with Crippen LogP contribution in [0.2, 0.25) is 0 Å². The van der Waals surface area contributed by atoms with Gasteiger partial charge in [0.1, 0.15) is 4.90 Å². The molecular formula is C15H21N3O2S. The van der Waals surface area contributed by atoms with Crippen LogP contribution in [-0.2, 0) is 10.0 Å². The molecule has 2 aromatic rings. The Morgan fingerprint density at radius 3 is 2.95 bits per heavy atom. The number of hydrogen-bond donors (Lipinski definition) is 2. The van der Waals surface area contributed by atoms with Gasteiger partial charge in [-0.3, -0.25) is 0 Å². The van der Waals surface area contributed by atoms with Gasteiger partial charge in [-0.05, 0) is 37.5 Å². The zero-order valence-electron chi connectivity index (χ0n) is 12.2. The molecule has 1 unspecified atom stereocenters. The molecule has 1 saturated heterocycles. The summed E-state index contributed by atoms with van der Waals surface area (Å²) in [7, 11) is -3.46. The van der Waals surface area contributed by atoms with E-state index >= 15 is 0 Å². The first-order chi connectivity index (χ1) is 10.0. The van der Waals surface area contributed by atoms with Gasteiger partial charge in [-0.2, -0.15) is 4.31 Å². The van der Waals surface area contributed by atoms with Crippen molar-refractivity contribution in [1.82, 2.24) is 9.29 Å². The van der Waals surface area contributed by atoms with Gasteiger partial charge in [0.2, 0.25) is 10.0 Å². The van der Waals surface area contributed by atoms with E-state index in [0.717, 1.165) is 31.2 Å². The Labute approximate surface area is 125 Å². The first-order valence-corrected chi connectivity index (χ1v) is 8.86. The number of aromatic nitrogens is 1. The summed E-state index contributed by atoms with van der Waals surface area (Å²) < 4.78 is 27.7. The van der Waals surface area contributed by atoms with Crippen molar-refractivity contribution in [1.29, 1.82) is 0 Å². The number of H-pyrrole nitrogens is 1. The van der Waals surface area contributed by atoms with Crippen LogP contribution >= 0.6 is 0 Å². The Kier molecular flexibility index (Phi) is 3.67. The molecule has 1 aromatic carbocycles. The van der Waals surface area contributed by atoms with Gasteiger partial charge in [-0.1, -0.05) is 13.3 Å². The topological polar surface area (TPSA) is 79.2 Å². The summed E-state index contributed by atoms with van der Waals surface area (Å²) in [6.45, 7) is 2.66. The van der Waals surface area contributed by atoms with Gasteiger partial charge in [0.15, 0.2) is 0 Å². The Bertz CT molecular complexity index is 751. The summed E-state index contributed by atoms with van der Waals surface area (Å²) in [5, 5.41) is 0.713. The normalized spacial score (nSPS) is 20.9. The fourth-order valence-electron chi connectivity index (χ4n) is 3.16. The smallest absolute Gasteiger partial charge is 0.245 e. The molecule has 5 nitrogen and oxygen atoms in total. The molecule has 21 heavy (non-hydrogen) atoms. The van der Waals surface area contributed by atoms with Gasteiger partial charge in [0, 0.05) is 35.4 Å². The van der Waals surface area contributed by atoms with Crippen molar-refractivity contribution in [2.24, 2.45) is 0 Å². The lowest BCUT2D eigenvalue weighted by Crippen LogP contribution is -2.43. The lowest BCUT2D eigenvalue weighted by molar-refractivity contribution is 0.247. The molecule has 0 aliphatic carbocycles. The maximum Gasteiger partial charge on any atom is 0.245 e. The highest BCUT2D eigenvalue weighted by Crippen LogP contribution is 2.31. The molecule has 0 radical (unpaired) electrons. The fraction of sp³-hybridized carbons (Fsp3) is 0.467. The molecule has 2 heterocycles. The average Bonchev–Trinajstić information content (AvgIpc) is 2.90. The lowest BCUT2D eigenvalue weighted by atomic mass is 10.0. The molecule has 3 rings (SSSR count).